The second-order valence-corrected chi connectivity index (χ2v) is 8.36. The molecule has 1 N–H and O–H groups in total. The topological polar surface area (TPSA) is 45.5 Å². The molecule has 144 valence electrons. The van der Waals surface area contributed by atoms with E-state index in [9.17, 15) is 0 Å². The van der Waals surface area contributed by atoms with Crippen LogP contribution in [0.3, 0.4) is 0 Å². The highest BCUT2D eigenvalue weighted by Gasteiger charge is 2.39. The molecule has 2 heterocycles. The van der Waals surface area contributed by atoms with Gasteiger partial charge in [-0.1, -0.05) is 30.2 Å². The Morgan fingerprint density at radius 2 is 2.11 bits per heavy atom. The summed E-state index contributed by atoms with van der Waals surface area (Å²) in [5.74, 6) is 1.55. The van der Waals surface area contributed by atoms with Crippen molar-refractivity contribution in [3.8, 4) is 0 Å². The van der Waals surface area contributed by atoms with Crippen molar-refractivity contribution in [1.29, 1.82) is 0 Å². The number of likely N-dealkylation sites (tertiary alicyclic amines) is 1. The summed E-state index contributed by atoms with van der Waals surface area (Å²) in [5.41, 5.74) is 2.92. The summed E-state index contributed by atoms with van der Waals surface area (Å²) in [6, 6.07) is 8.37. The SMILES string of the molecule is CN=C(NCC1(c2ccc(Cl)cc2)CCC1)N1CCC(c2cnn(C)c2)C1. The highest BCUT2D eigenvalue weighted by Crippen LogP contribution is 2.43. The maximum atomic E-state index is 6.08. The van der Waals surface area contributed by atoms with Gasteiger partial charge in [0.15, 0.2) is 5.96 Å². The molecule has 2 aliphatic rings. The fourth-order valence-electron chi connectivity index (χ4n) is 4.43. The van der Waals surface area contributed by atoms with Gasteiger partial charge in [0.2, 0.25) is 0 Å². The lowest BCUT2D eigenvalue weighted by molar-refractivity contribution is 0.241. The molecule has 1 aliphatic carbocycles. The summed E-state index contributed by atoms with van der Waals surface area (Å²) < 4.78 is 1.89. The van der Waals surface area contributed by atoms with Gasteiger partial charge in [0.05, 0.1) is 6.20 Å². The molecule has 0 amide bonds. The van der Waals surface area contributed by atoms with E-state index < -0.39 is 0 Å². The van der Waals surface area contributed by atoms with Crippen molar-refractivity contribution in [2.75, 3.05) is 26.7 Å². The zero-order valence-electron chi connectivity index (χ0n) is 16.2. The van der Waals surface area contributed by atoms with Crippen molar-refractivity contribution in [1.82, 2.24) is 20.0 Å². The average Bonchev–Trinajstić information content (AvgIpc) is 3.28. The second kappa shape index (κ2) is 7.55. The number of aliphatic imine (C=N–C) groups is 1. The van der Waals surface area contributed by atoms with Gasteiger partial charge in [0.1, 0.15) is 0 Å². The van der Waals surface area contributed by atoms with Gasteiger partial charge in [-0.25, -0.2) is 0 Å². The molecule has 1 aromatic carbocycles. The summed E-state index contributed by atoms with van der Waals surface area (Å²) >= 11 is 6.08. The zero-order valence-corrected chi connectivity index (χ0v) is 16.9. The van der Waals surface area contributed by atoms with Crippen molar-refractivity contribution in [2.24, 2.45) is 12.0 Å². The minimum atomic E-state index is 0.211. The van der Waals surface area contributed by atoms with E-state index in [1.165, 1.54) is 30.4 Å². The van der Waals surface area contributed by atoms with Crippen LogP contribution in [-0.4, -0.2) is 47.3 Å². The first kappa shape index (κ1) is 18.4. The zero-order chi connectivity index (χ0) is 18.9. The van der Waals surface area contributed by atoms with E-state index in [1.54, 1.807) is 0 Å². The number of hydrogen-bond donors (Lipinski definition) is 1. The molecular formula is C21H28ClN5. The van der Waals surface area contributed by atoms with Crippen LogP contribution in [0.15, 0.2) is 41.7 Å². The summed E-state index contributed by atoms with van der Waals surface area (Å²) in [4.78, 5) is 6.94. The molecular weight excluding hydrogens is 358 g/mol. The molecule has 27 heavy (non-hydrogen) atoms. The Balaban J connectivity index is 1.40. The van der Waals surface area contributed by atoms with Crippen LogP contribution < -0.4 is 5.32 Å². The van der Waals surface area contributed by atoms with Crippen LogP contribution in [0.5, 0.6) is 0 Å². The van der Waals surface area contributed by atoms with Crippen LogP contribution in [0.1, 0.15) is 42.7 Å². The summed E-state index contributed by atoms with van der Waals surface area (Å²) in [5, 5.41) is 8.79. The van der Waals surface area contributed by atoms with Crippen LogP contribution >= 0.6 is 11.6 Å². The van der Waals surface area contributed by atoms with Gasteiger partial charge >= 0.3 is 0 Å². The fraction of sp³-hybridized carbons (Fsp3) is 0.524. The van der Waals surface area contributed by atoms with E-state index in [0.717, 1.165) is 37.0 Å². The highest BCUT2D eigenvalue weighted by atomic mass is 35.5. The molecule has 5 nitrogen and oxygen atoms in total. The number of nitrogens with zero attached hydrogens (tertiary/aromatic N) is 4. The predicted octanol–water partition coefficient (Wildman–Crippen LogP) is 3.56. The Morgan fingerprint density at radius 3 is 2.70 bits per heavy atom. The van der Waals surface area contributed by atoms with E-state index in [2.05, 4.69) is 38.6 Å². The van der Waals surface area contributed by atoms with Crippen molar-refractivity contribution >= 4 is 17.6 Å². The van der Waals surface area contributed by atoms with Gasteiger partial charge in [-0.05, 0) is 42.5 Å². The van der Waals surface area contributed by atoms with Gasteiger partial charge in [-0.15, -0.1) is 0 Å². The number of guanidine groups is 1. The highest BCUT2D eigenvalue weighted by molar-refractivity contribution is 6.30. The maximum Gasteiger partial charge on any atom is 0.193 e. The first-order chi connectivity index (χ1) is 13.1. The Kier molecular flexibility index (Phi) is 5.13. The summed E-state index contributed by atoms with van der Waals surface area (Å²) in [6.45, 7) is 2.96. The number of halogens is 1. The molecule has 6 heteroatoms. The third-order valence-corrected chi connectivity index (χ3v) is 6.50. The number of rotatable bonds is 4. The van der Waals surface area contributed by atoms with Crippen molar-refractivity contribution < 1.29 is 0 Å². The predicted molar refractivity (Wildman–Crippen MR) is 110 cm³/mol. The quantitative estimate of drug-likeness (QED) is 0.646. The lowest BCUT2D eigenvalue weighted by Gasteiger charge is -2.43. The van der Waals surface area contributed by atoms with Gasteiger partial charge in [0, 0.05) is 56.3 Å². The molecule has 2 aromatic rings. The maximum absolute atomic E-state index is 6.08. The molecule has 1 saturated carbocycles. The summed E-state index contributed by atoms with van der Waals surface area (Å²) in [7, 11) is 3.86. The average molecular weight is 386 g/mol. The van der Waals surface area contributed by atoms with Crippen LogP contribution in [0.25, 0.3) is 0 Å². The van der Waals surface area contributed by atoms with Crippen LogP contribution in [0, 0.1) is 0 Å². The molecule has 1 saturated heterocycles. The first-order valence-electron chi connectivity index (χ1n) is 9.80. The number of aryl methyl sites for hydroxylation is 1. The minimum absolute atomic E-state index is 0.211. The van der Waals surface area contributed by atoms with Gasteiger partial charge in [-0.2, -0.15) is 5.10 Å². The third-order valence-electron chi connectivity index (χ3n) is 6.25. The van der Waals surface area contributed by atoms with Crippen molar-refractivity contribution in [3.63, 3.8) is 0 Å². The van der Waals surface area contributed by atoms with Gasteiger partial charge in [-0.3, -0.25) is 9.67 Å². The molecule has 0 radical (unpaired) electrons. The molecule has 1 aliphatic heterocycles. The molecule has 2 fully saturated rings. The Labute approximate surface area is 166 Å². The smallest absolute Gasteiger partial charge is 0.193 e. The van der Waals surface area contributed by atoms with E-state index in [-0.39, 0.29) is 5.41 Å². The standard InChI is InChI=1S/C21H28ClN5/c1-23-20(27-11-8-16(14-27)17-12-25-26(2)13-17)24-15-21(9-3-10-21)18-4-6-19(22)7-5-18/h4-7,12-13,16H,3,8-11,14-15H2,1-2H3,(H,23,24). The van der Waals surface area contributed by atoms with Crippen LogP contribution in [0.2, 0.25) is 5.02 Å². The van der Waals surface area contributed by atoms with Crippen molar-refractivity contribution in [2.45, 2.75) is 37.0 Å². The number of nitrogens with one attached hydrogen (secondary N) is 1. The lowest BCUT2D eigenvalue weighted by atomic mass is 9.64. The van der Waals surface area contributed by atoms with Gasteiger partial charge in [0.25, 0.3) is 0 Å². The fourth-order valence-corrected chi connectivity index (χ4v) is 4.56. The Hall–Kier alpha value is -2.01. The Bertz CT molecular complexity index is 806. The van der Waals surface area contributed by atoms with E-state index in [4.69, 9.17) is 11.6 Å². The van der Waals surface area contributed by atoms with Crippen molar-refractivity contribution in [3.05, 3.63) is 52.8 Å². The van der Waals surface area contributed by atoms with Crippen LogP contribution in [-0.2, 0) is 12.5 Å². The van der Waals surface area contributed by atoms with Gasteiger partial charge < -0.3 is 10.2 Å². The normalized spacial score (nSPS) is 22.0. The molecule has 0 bridgehead atoms. The Morgan fingerprint density at radius 1 is 1.33 bits per heavy atom. The molecule has 1 unspecified atom stereocenters. The first-order valence-corrected chi connectivity index (χ1v) is 10.2. The number of aromatic nitrogens is 2. The molecule has 1 aromatic heterocycles. The van der Waals surface area contributed by atoms with E-state index in [0.29, 0.717) is 5.92 Å². The number of hydrogen-bond acceptors (Lipinski definition) is 2. The monoisotopic (exact) mass is 385 g/mol. The molecule has 4 rings (SSSR count). The lowest BCUT2D eigenvalue weighted by Crippen LogP contribution is -2.49. The van der Waals surface area contributed by atoms with E-state index >= 15 is 0 Å². The minimum Gasteiger partial charge on any atom is -0.355 e. The molecule has 1 atom stereocenters. The van der Waals surface area contributed by atoms with E-state index in [1.807, 2.05) is 37.1 Å². The van der Waals surface area contributed by atoms with Crippen LogP contribution in [0.4, 0.5) is 0 Å². The second-order valence-electron chi connectivity index (χ2n) is 7.92. The largest absolute Gasteiger partial charge is 0.355 e. The number of benzene rings is 1. The molecule has 0 spiro atoms. The third kappa shape index (κ3) is 3.70. The summed E-state index contributed by atoms with van der Waals surface area (Å²) in [6.07, 6.45) is 9.00.